The van der Waals surface area contributed by atoms with E-state index in [-0.39, 0.29) is 16.9 Å². The van der Waals surface area contributed by atoms with Gasteiger partial charge in [-0.3, -0.25) is 14.9 Å². The first-order chi connectivity index (χ1) is 9.32. The molecule has 1 aromatic carbocycles. The van der Waals surface area contributed by atoms with Crippen LogP contribution in [0.15, 0.2) is 18.2 Å². The number of hydrogen-bond donors (Lipinski definition) is 2. The molecule has 1 fully saturated rings. The number of carbonyl (C=O) groups excluding carboxylic acids is 1. The van der Waals surface area contributed by atoms with Crippen molar-refractivity contribution in [1.82, 2.24) is 4.90 Å². The van der Waals surface area contributed by atoms with E-state index in [1.54, 1.807) is 6.92 Å². The SMILES string of the molecule is CC1(O)CCN(C(=O)c2cccc(N)c2[N+](=O)[O-])CC1. The molecular formula is C13H17N3O4. The van der Waals surface area contributed by atoms with Crippen LogP contribution in [0, 0.1) is 10.1 Å². The summed E-state index contributed by atoms with van der Waals surface area (Å²) in [5.41, 5.74) is 4.42. The number of benzene rings is 1. The summed E-state index contributed by atoms with van der Waals surface area (Å²) < 4.78 is 0. The number of nitrogens with two attached hydrogens (primary N) is 1. The number of hydrogen-bond acceptors (Lipinski definition) is 5. The van der Waals surface area contributed by atoms with Crippen molar-refractivity contribution >= 4 is 17.3 Å². The molecule has 0 atom stereocenters. The number of nitrogen functional groups attached to an aromatic ring is 1. The summed E-state index contributed by atoms with van der Waals surface area (Å²) in [6.45, 7) is 2.47. The number of piperidine rings is 1. The second kappa shape index (κ2) is 5.09. The number of anilines is 1. The maximum Gasteiger partial charge on any atom is 0.304 e. The third-order valence-corrected chi connectivity index (χ3v) is 3.61. The predicted molar refractivity (Wildman–Crippen MR) is 73.3 cm³/mol. The molecule has 1 saturated heterocycles. The van der Waals surface area contributed by atoms with Gasteiger partial charge in [-0.05, 0) is 31.9 Å². The molecule has 1 aliphatic rings. The summed E-state index contributed by atoms with van der Waals surface area (Å²) in [7, 11) is 0. The van der Waals surface area contributed by atoms with Gasteiger partial charge in [0, 0.05) is 13.1 Å². The molecule has 0 bridgehead atoms. The van der Waals surface area contributed by atoms with E-state index in [1.807, 2.05) is 0 Å². The van der Waals surface area contributed by atoms with E-state index in [0.29, 0.717) is 25.9 Å². The van der Waals surface area contributed by atoms with Gasteiger partial charge in [0.05, 0.1) is 10.5 Å². The Kier molecular flexibility index (Phi) is 3.63. The van der Waals surface area contributed by atoms with E-state index >= 15 is 0 Å². The summed E-state index contributed by atoms with van der Waals surface area (Å²) in [6, 6.07) is 4.33. The van der Waals surface area contributed by atoms with Crippen LogP contribution in [0.5, 0.6) is 0 Å². The Bertz CT molecular complexity index is 547. The average Bonchev–Trinajstić information content (AvgIpc) is 2.37. The smallest absolute Gasteiger partial charge is 0.304 e. The zero-order chi connectivity index (χ0) is 14.9. The number of nitro benzene ring substituents is 1. The number of nitro groups is 1. The second-order valence-corrected chi connectivity index (χ2v) is 5.29. The highest BCUT2D eigenvalue weighted by Gasteiger charge is 2.33. The van der Waals surface area contributed by atoms with Gasteiger partial charge < -0.3 is 15.7 Å². The van der Waals surface area contributed by atoms with Crippen molar-refractivity contribution < 1.29 is 14.8 Å². The fraction of sp³-hybridized carbons (Fsp3) is 0.462. The molecule has 0 spiro atoms. The number of rotatable bonds is 2. The third-order valence-electron chi connectivity index (χ3n) is 3.61. The Balaban J connectivity index is 2.27. The minimum absolute atomic E-state index is 0.00320. The van der Waals surface area contributed by atoms with E-state index in [4.69, 9.17) is 5.73 Å². The van der Waals surface area contributed by atoms with Crippen molar-refractivity contribution in [2.24, 2.45) is 0 Å². The van der Waals surface area contributed by atoms with Crippen LogP contribution in [0.2, 0.25) is 0 Å². The summed E-state index contributed by atoms with van der Waals surface area (Å²) in [5.74, 6) is -0.417. The molecule has 3 N–H and O–H groups in total. The zero-order valence-corrected chi connectivity index (χ0v) is 11.2. The Morgan fingerprint density at radius 3 is 2.60 bits per heavy atom. The summed E-state index contributed by atoms with van der Waals surface area (Å²) in [5, 5.41) is 20.9. The highest BCUT2D eigenvalue weighted by atomic mass is 16.6. The fourth-order valence-corrected chi connectivity index (χ4v) is 2.30. The van der Waals surface area contributed by atoms with E-state index in [9.17, 15) is 20.0 Å². The lowest BCUT2D eigenvalue weighted by atomic mass is 9.93. The van der Waals surface area contributed by atoms with Crippen molar-refractivity contribution in [3.8, 4) is 0 Å². The maximum absolute atomic E-state index is 12.4. The van der Waals surface area contributed by atoms with Crippen LogP contribution in [-0.4, -0.2) is 39.5 Å². The number of likely N-dealkylation sites (tertiary alicyclic amines) is 1. The lowest BCUT2D eigenvalue weighted by Crippen LogP contribution is -2.45. The summed E-state index contributed by atoms with van der Waals surface area (Å²) in [4.78, 5) is 24.3. The van der Waals surface area contributed by atoms with Gasteiger partial charge in [0.2, 0.25) is 0 Å². The van der Waals surface area contributed by atoms with Gasteiger partial charge in [-0.2, -0.15) is 0 Å². The fourth-order valence-electron chi connectivity index (χ4n) is 2.30. The summed E-state index contributed by atoms with van der Waals surface area (Å²) in [6.07, 6.45) is 0.906. The molecule has 0 aliphatic carbocycles. The molecule has 1 aromatic rings. The van der Waals surface area contributed by atoms with Crippen LogP contribution in [0.4, 0.5) is 11.4 Å². The highest BCUT2D eigenvalue weighted by molar-refractivity contribution is 6.00. The van der Waals surface area contributed by atoms with Crippen molar-refractivity contribution in [3.05, 3.63) is 33.9 Å². The number of para-hydroxylation sites is 1. The largest absolute Gasteiger partial charge is 0.393 e. The van der Waals surface area contributed by atoms with Gasteiger partial charge in [-0.1, -0.05) is 6.07 Å². The molecule has 0 radical (unpaired) electrons. The first-order valence-electron chi connectivity index (χ1n) is 6.36. The molecule has 7 heteroatoms. The topological polar surface area (TPSA) is 110 Å². The molecule has 1 amide bonds. The van der Waals surface area contributed by atoms with Gasteiger partial charge in [0.25, 0.3) is 5.91 Å². The van der Waals surface area contributed by atoms with Gasteiger partial charge in [0.15, 0.2) is 0 Å². The molecular weight excluding hydrogens is 262 g/mol. The molecule has 1 heterocycles. The third kappa shape index (κ3) is 2.72. The predicted octanol–water partition coefficient (Wildman–Crippen LogP) is 1.16. The molecule has 108 valence electrons. The lowest BCUT2D eigenvalue weighted by Gasteiger charge is -2.35. The lowest BCUT2D eigenvalue weighted by molar-refractivity contribution is -0.384. The van der Waals surface area contributed by atoms with Crippen molar-refractivity contribution in [3.63, 3.8) is 0 Å². The van der Waals surface area contributed by atoms with Crippen molar-refractivity contribution in [2.75, 3.05) is 18.8 Å². The van der Waals surface area contributed by atoms with Gasteiger partial charge in [-0.15, -0.1) is 0 Å². The van der Waals surface area contributed by atoms with Crippen molar-refractivity contribution in [2.45, 2.75) is 25.4 Å². The summed E-state index contributed by atoms with van der Waals surface area (Å²) >= 11 is 0. The van der Waals surface area contributed by atoms with Crippen molar-refractivity contribution in [1.29, 1.82) is 0 Å². The second-order valence-electron chi connectivity index (χ2n) is 5.29. The zero-order valence-electron chi connectivity index (χ0n) is 11.2. The number of carbonyl (C=O) groups is 1. The van der Waals surface area contributed by atoms with Crippen LogP contribution >= 0.6 is 0 Å². The molecule has 20 heavy (non-hydrogen) atoms. The first-order valence-corrected chi connectivity index (χ1v) is 6.36. The van der Waals surface area contributed by atoms with E-state index in [1.165, 1.54) is 23.1 Å². The number of amides is 1. The monoisotopic (exact) mass is 279 g/mol. The first kappa shape index (κ1) is 14.3. The average molecular weight is 279 g/mol. The molecule has 2 rings (SSSR count). The number of aliphatic hydroxyl groups is 1. The molecule has 7 nitrogen and oxygen atoms in total. The normalized spacial score (nSPS) is 17.8. The van der Waals surface area contributed by atoms with Crippen LogP contribution in [0.3, 0.4) is 0 Å². The Hall–Kier alpha value is -2.15. The van der Waals surface area contributed by atoms with E-state index < -0.39 is 16.4 Å². The molecule has 0 saturated carbocycles. The molecule has 1 aliphatic heterocycles. The maximum atomic E-state index is 12.4. The van der Waals surface area contributed by atoms with Gasteiger partial charge in [-0.25, -0.2) is 0 Å². The van der Waals surface area contributed by atoms with Crippen LogP contribution in [0.1, 0.15) is 30.1 Å². The molecule has 0 unspecified atom stereocenters. The van der Waals surface area contributed by atoms with E-state index in [0.717, 1.165) is 0 Å². The standard InChI is InChI=1S/C13H17N3O4/c1-13(18)5-7-15(8-6-13)12(17)9-3-2-4-10(14)11(9)16(19)20/h2-4,18H,5-8,14H2,1H3. The van der Waals surface area contributed by atoms with Crippen LogP contribution in [0.25, 0.3) is 0 Å². The van der Waals surface area contributed by atoms with Gasteiger partial charge in [0.1, 0.15) is 11.3 Å². The van der Waals surface area contributed by atoms with Crippen LogP contribution in [-0.2, 0) is 0 Å². The molecule has 0 aromatic heterocycles. The Morgan fingerprint density at radius 2 is 2.05 bits per heavy atom. The number of nitrogens with zero attached hydrogens (tertiary/aromatic N) is 2. The Labute approximate surface area is 116 Å². The van der Waals surface area contributed by atoms with Crippen LogP contribution < -0.4 is 5.73 Å². The quantitative estimate of drug-likeness (QED) is 0.479. The Morgan fingerprint density at radius 1 is 1.45 bits per heavy atom. The van der Waals surface area contributed by atoms with E-state index in [2.05, 4.69) is 0 Å². The van der Waals surface area contributed by atoms with Gasteiger partial charge >= 0.3 is 5.69 Å². The minimum atomic E-state index is -0.779. The minimum Gasteiger partial charge on any atom is -0.393 e. The highest BCUT2D eigenvalue weighted by Crippen LogP contribution is 2.29.